The van der Waals surface area contributed by atoms with Gasteiger partial charge in [0.05, 0.1) is 6.17 Å². The molecular weight excluding hydrogens is 199 g/mol. The number of carbonyl (C=O) groups is 1. The van der Waals surface area contributed by atoms with Gasteiger partial charge in [-0.05, 0) is 25.8 Å². The average Bonchev–Trinajstić information content (AvgIpc) is 2.03. The predicted molar refractivity (Wildman–Crippen MR) is 45.1 cm³/mol. The lowest BCUT2D eigenvalue weighted by Gasteiger charge is -2.14. The monoisotopic (exact) mass is 213 g/mol. The Hall–Kier alpha value is -0.820. The van der Waals surface area contributed by atoms with Crippen molar-refractivity contribution in [3.05, 3.63) is 0 Å². The lowest BCUT2D eigenvalue weighted by molar-refractivity contribution is -0.174. The van der Waals surface area contributed by atoms with Crippen LogP contribution in [0.1, 0.15) is 19.3 Å². The Bertz CT molecular complexity index is 184. The van der Waals surface area contributed by atoms with Crippen molar-refractivity contribution in [3.63, 3.8) is 0 Å². The summed E-state index contributed by atoms with van der Waals surface area (Å²) in [6.45, 7) is 0.458. The van der Waals surface area contributed by atoms with E-state index in [1.165, 1.54) is 0 Å². The van der Waals surface area contributed by atoms with Crippen molar-refractivity contribution in [2.75, 3.05) is 6.54 Å². The molecule has 0 aliphatic carbocycles. The molecule has 0 rings (SSSR count). The highest BCUT2D eigenvalue weighted by Gasteiger charge is 2.39. The van der Waals surface area contributed by atoms with E-state index in [0.29, 0.717) is 25.8 Å². The van der Waals surface area contributed by atoms with Crippen LogP contribution in [0.15, 0.2) is 0 Å². The van der Waals surface area contributed by atoms with Gasteiger partial charge in [0, 0.05) is 0 Å². The second-order valence-corrected chi connectivity index (χ2v) is 2.86. The molecule has 0 spiro atoms. The van der Waals surface area contributed by atoms with Crippen LogP contribution in [0.2, 0.25) is 0 Å². The molecule has 0 aliphatic rings. The van der Waals surface area contributed by atoms with Crippen LogP contribution in [0, 0.1) is 0 Å². The number of carbonyl (C=O) groups excluding carboxylic acids is 1. The van der Waals surface area contributed by atoms with E-state index in [4.69, 9.17) is 11.5 Å². The zero-order chi connectivity index (χ0) is 11.2. The second-order valence-electron chi connectivity index (χ2n) is 2.86. The summed E-state index contributed by atoms with van der Waals surface area (Å²) < 4.78 is 35.1. The van der Waals surface area contributed by atoms with Gasteiger partial charge in [-0.2, -0.15) is 13.2 Å². The van der Waals surface area contributed by atoms with Crippen molar-refractivity contribution in [2.24, 2.45) is 11.5 Å². The van der Waals surface area contributed by atoms with Crippen molar-refractivity contribution in [3.8, 4) is 0 Å². The van der Waals surface area contributed by atoms with Gasteiger partial charge >= 0.3 is 12.1 Å². The van der Waals surface area contributed by atoms with Crippen LogP contribution in [-0.4, -0.2) is 24.8 Å². The minimum Gasteiger partial charge on any atom is -0.333 e. The van der Waals surface area contributed by atoms with Crippen molar-refractivity contribution < 1.29 is 18.0 Å². The van der Waals surface area contributed by atoms with Gasteiger partial charge in [-0.1, -0.05) is 0 Å². The lowest BCUT2D eigenvalue weighted by Crippen LogP contribution is -2.47. The fraction of sp³-hybridized carbons (Fsp3) is 0.857. The highest BCUT2D eigenvalue weighted by atomic mass is 19.4. The molecule has 84 valence electrons. The van der Waals surface area contributed by atoms with E-state index in [2.05, 4.69) is 0 Å². The number of amides is 1. The van der Waals surface area contributed by atoms with Crippen LogP contribution in [0.25, 0.3) is 0 Å². The SMILES string of the molecule is NCCCCC(N)NC(=O)C(F)(F)F. The van der Waals surface area contributed by atoms with E-state index in [1.54, 1.807) is 5.32 Å². The molecule has 0 saturated heterocycles. The minimum absolute atomic E-state index is 0.291. The Morgan fingerprint density at radius 3 is 2.36 bits per heavy atom. The van der Waals surface area contributed by atoms with E-state index < -0.39 is 18.2 Å². The van der Waals surface area contributed by atoms with E-state index in [-0.39, 0.29) is 0 Å². The third-order valence-electron chi connectivity index (χ3n) is 1.54. The smallest absolute Gasteiger partial charge is 0.333 e. The molecule has 0 radical (unpaired) electrons. The van der Waals surface area contributed by atoms with Gasteiger partial charge in [-0.3, -0.25) is 4.79 Å². The molecule has 5 N–H and O–H groups in total. The molecule has 0 bridgehead atoms. The molecule has 0 saturated carbocycles. The highest BCUT2D eigenvalue weighted by Crippen LogP contribution is 2.14. The largest absolute Gasteiger partial charge is 0.471 e. The number of unbranched alkanes of at least 4 members (excludes halogenated alkanes) is 1. The van der Waals surface area contributed by atoms with E-state index in [9.17, 15) is 18.0 Å². The molecule has 4 nitrogen and oxygen atoms in total. The minimum atomic E-state index is -4.87. The summed E-state index contributed by atoms with van der Waals surface area (Å²) in [5.41, 5.74) is 10.4. The van der Waals surface area contributed by atoms with Gasteiger partial charge in [-0.25, -0.2) is 0 Å². The Labute approximate surface area is 79.8 Å². The topological polar surface area (TPSA) is 81.1 Å². The molecular formula is C7H14F3N3O. The summed E-state index contributed by atoms with van der Waals surface area (Å²) in [7, 11) is 0. The number of hydrogen-bond donors (Lipinski definition) is 3. The first-order chi connectivity index (χ1) is 6.38. The molecule has 0 heterocycles. The van der Waals surface area contributed by atoms with Crippen LogP contribution >= 0.6 is 0 Å². The third kappa shape index (κ3) is 5.76. The van der Waals surface area contributed by atoms with Crippen LogP contribution in [0.5, 0.6) is 0 Å². The predicted octanol–water partition coefficient (Wildman–Crippen LogP) is 0.0787. The Balaban J connectivity index is 3.72. The molecule has 1 atom stereocenters. The standard InChI is InChI=1S/C7H14F3N3O/c8-7(9,10)6(14)13-5(12)3-1-2-4-11/h5H,1-4,11-12H2,(H,13,14). The summed E-state index contributed by atoms with van der Waals surface area (Å²) >= 11 is 0. The highest BCUT2D eigenvalue weighted by molar-refractivity contribution is 5.81. The van der Waals surface area contributed by atoms with E-state index in [1.807, 2.05) is 0 Å². The Morgan fingerprint density at radius 1 is 1.36 bits per heavy atom. The number of nitrogens with two attached hydrogens (primary N) is 2. The maximum atomic E-state index is 11.7. The number of hydrogen-bond acceptors (Lipinski definition) is 3. The van der Waals surface area contributed by atoms with Crippen molar-refractivity contribution >= 4 is 5.91 Å². The van der Waals surface area contributed by atoms with Crippen LogP contribution in [0.4, 0.5) is 13.2 Å². The summed E-state index contributed by atoms with van der Waals surface area (Å²) in [6, 6.07) is 0. The molecule has 0 aromatic rings. The average molecular weight is 213 g/mol. The summed E-state index contributed by atoms with van der Waals surface area (Å²) in [5.74, 6) is -2.00. The first kappa shape index (κ1) is 13.2. The molecule has 0 aromatic carbocycles. The maximum Gasteiger partial charge on any atom is 0.471 e. The number of alkyl halides is 3. The van der Waals surface area contributed by atoms with Gasteiger partial charge in [0.1, 0.15) is 0 Å². The first-order valence-electron chi connectivity index (χ1n) is 4.21. The van der Waals surface area contributed by atoms with E-state index >= 15 is 0 Å². The zero-order valence-electron chi connectivity index (χ0n) is 7.60. The summed E-state index contributed by atoms with van der Waals surface area (Å²) in [4.78, 5) is 10.4. The molecule has 0 aliphatic heterocycles. The fourth-order valence-corrected chi connectivity index (χ4v) is 0.831. The molecule has 7 heteroatoms. The molecule has 0 aromatic heterocycles. The summed E-state index contributed by atoms with van der Waals surface area (Å²) in [5, 5.41) is 1.65. The van der Waals surface area contributed by atoms with Gasteiger partial charge < -0.3 is 16.8 Å². The second kappa shape index (κ2) is 5.82. The van der Waals surface area contributed by atoms with Gasteiger partial charge in [0.2, 0.25) is 0 Å². The number of nitrogens with one attached hydrogen (secondary N) is 1. The quantitative estimate of drug-likeness (QED) is 0.447. The third-order valence-corrected chi connectivity index (χ3v) is 1.54. The molecule has 0 fully saturated rings. The number of halogens is 3. The van der Waals surface area contributed by atoms with Crippen molar-refractivity contribution in [2.45, 2.75) is 31.6 Å². The van der Waals surface area contributed by atoms with Crippen molar-refractivity contribution in [1.82, 2.24) is 5.32 Å². The van der Waals surface area contributed by atoms with E-state index in [0.717, 1.165) is 0 Å². The molecule has 14 heavy (non-hydrogen) atoms. The Morgan fingerprint density at radius 2 is 1.93 bits per heavy atom. The van der Waals surface area contributed by atoms with Crippen LogP contribution < -0.4 is 16.8 Å². The Kier molecular flexibility index (Phi) is 5.47. The summed E-state index contributed by atoms with van der Waals surface area (Å²) in [6.07, 6.45) is -4.27. The van der Waals surface area contributed by atoms with Gasteiger partial charge in [-0.15, -0.1) is 0 Å². The van der Waals surface area contributed by atoms with Gasteiger partial charge in [0.25, 0.3) is 0 Å². The normalized spacial score (nSPS) is 13.8. The van der Waals surface area contributed by atoms with Crippen LogP contribution in [-0.2, 0) is 4.79 Å². The maximum absolute atomic E-state index is 11.7. The number of rotatable bonds is 5. The molecule has 1 amide bonds. The van der Waals surface area contributed by atoms with Crippen LogP contribution in [0.3, 0.4) is 0 Å². The molecule has 1 unspecified atom stereocenters. The first-order valence-corrected chi connectivity index (χ1v) is 4.21. The van der Waals surface area contributed by atoms with Gasteiger partial charge in [0.15, 0.2) is 0 Å². The lowest BCUT2D eigenvalue weighted by atomic mass is 10.2. The zero-order valence-corrected chi connectivity index (χ0v) is 7.60. The fourth-order valence-electron chi connectivity index (χ4n) is 0.831. The van der Waals surface area contributed by atoms with Crippen molar-refractivity contribution in [1.29, 1.82) is 0 Å².